The number of rotatable bonds is 1. The maximum Gasteiger partial charge on any atom is 0.416 e. The maximum absolute atomic E-state index is 12.8. The SMILES string of the molecule is COc1ccc2c(c1)S(=O)(=O)Nc1ccc(C(F)(F)F)cc1-2. The Morgan fingerprint density at radius 3 is 2.41 bits per heavy atom. The molecule has 0 saturated heterocycles. The number of alkyl halides is 3. The molecule has 0 atom stereocenters. The first kappa shape index (κ1) is 14.7. The molecule has 0 fully saturated rings. The zero-order valence-corrected chi connectivity index (χ0v) is 12.0. The molecule has 116 valence electrons. The van der Waals surface area contributed by atoms with Gasteiger partial charge in [-0.25, -0.2) is 8.42 Å². The summed E-state index contributed by atoms with van der Waals surface area (Å²) in [5.41, 5.74) is -0.331. The van der Waals surface area contributed by atoms with Crippen molar-refractivity contribution in [1.29, 1.82) is 0 Å². The van der Waals surface area contributed by atoms with E-state index in [2.05, 4.69) is 4.72 Å². The van der Waals surface area contributed by atoms with E-state index in [4.69, 9.17) is 4.74 Å². The molecular weight excluding hydrogens is 319 g/mol. The van der Waals surface area contributed by atoms with Crippen molar-refractivity contribution in [2.45, 2.75) is 11.1 Å². The molecule has 2 aromatic rings. The Balaban J connectivity index is 2.28. The lowest BCUT2D eigenvalue weighted by atomic mass is 10.0. The summed E-state index contributed by atoms with van der Waals surface area (Å²) in [6, 6.07) is 7.11. The van der Waals surface area contributed by atoms with Crippen LogP contribution in [-0.2, 0) is 16.2 Å². The van der Waals surface area contributed by atoms with Crippen LogP contribution < -0.4 is 9.46 Å². The first-order valence-electron chi connectivity index (χ1n) is 6.15. The number of methoxy groups -OCH3 is 1. The largest absolute Gasteiger partial charge is 0.497 e. The monoisotopic (exact) mass is 329 g/mol. The molecule has 0 unspecified atom stereocenters. The molecule has 4 nitrogen and oxygen atoms in total. The average molecular weight is 329 g/mol. The van der Waals surface area contributed by atoms with Crippen LogP contribution in [0, 0.1) is 0 Å². The van der Waals surface area contributed by atoms with Crippen LogP contribution in [-0.4, -0.2) is 15.5 Å². The predicted octanol–water partition coefficient (Wildman–Crippen LogP) is 3.50. The highest BCUT2D eigenvalue weighted by atomic mass is 32.2. The third kappa shape index (κ3) is 2.29. The molecule has 2 aromatic carbocycles. The first-order valence-corrected chi connectivity index (χ1v) is 7.63. The molecule has 0 spiro atoms. The number of fused-ring (bicyclic) bond motifs is 3. The fourth-order valence-corrected chi connectivity index (χ4v) is 3.62. The number of hydrogen-bond donors (Lipinski definition) is 1. The van der Waals surface area contributed by atoms with Crippen LogP contribution in [0.3, 0.4) is 0 Å². The lowest BCUT2D eigenvalue weighted by Crippen LogP contribution is -2.19. The van der Waals surface area contributed by atoms with E-state index in [1.54, 1.807) is 0 Å². The molecule has 3 rings (SSSR count). The number of halogens is 3. The summed E-state index contributed by atoms with van der Waals surface area (Å²) in [4.78, 5) is -0.112. The van der Waals surface area contributed by atoms with Crippen LogP contribution in [0.2, 0.25) is 0 Å². The standard InChI is InChI=1S/C14H10F3NO3S/c1-21-9-3-4-10-11-6-8(14(15,16)17)2-5-12(11)18-22(19,20)13(10)7-9/h2-7,18H,1H3. The van der Waals surface area contributed by atoms with Crippen molar-refractivity contribution in [3.8, 4) is 16.9 Å². The highest BCUT2D eigenvalue weighted by Gasteiger charge is 2.34. The van der Waals surface area contributed by atoms with Crippen molar-refractivity contribution in [1.82, 2.24) is 0 Å². The molecule has 0 aromatic heterocycles. The van der Waals surface area contributed by atoms with Gasteiger partial charge < -0.3 is 4.74 Å². The number of benzene rings is 2. The molecule has 8 heteroatoms. The second kappa shape index (κ2) is 4.64. The number of nitrogens with one attached hydrogen (secondary N) is 1. The van der Waals surface area contributed by atoms with Crippen molar-refractivity contribution in [2.24, 2.45) is 0 Å². The Bertz CT molecular complexity index is 860. The smallest absolute Gasteiger partial charge is 0.416 e. The van der Waals surface area contributed by atoms with Gasteiger partial charge in [0.05, 0.1) is 23.3 Å². The van der Waals surface area contributed by atoms with Gasteiger partial charge in [-0.2, -0.15) is 13.2 Å². The van der Waals surface area contributed by atoms with E-state index in [0.717, 1.165) is 18.2 Å². The van der Waals surface area contributed by atoms with Crippen molar-refractivity contribution >= 4 is 15.7 Å². The van der Waals surface area contributed by atoms with Crippen LogP contribution >= 0.6 is 0 Å². The number of anilines is 1. The molecule has 0 radical (unpaired) electrons. The number of hydrogen-bond acceptors (Lipinski definition) is 3. The van der Waals surface area contributed by atoms with Gasteiger partial charge >= 0.3 is 6.18 Å². The molecule has 22 heavy (non-hydrogen) atoms. The van der Waals surface area contributed by atoms with Crippen LogP contribution in [0.15, 0.2) is 41.3 Å². The molecular formula is C14H10F3NO3S. The molecule has 1 heterocycles. The lowest BCUT2D eigenvalue weighted by molar-refractivity contribution is -0.137. The summed E-state index contributed by atoms with van der Waals surface area (Å²) in [5.74, 6) is 0.305. The Morgan fingerprint density at radius 1 is 1.05 bits per heavy atom. The van der Waals surface area contributed by atoms with Gasteiger partial charge in [-0.15, -0.1) is 0 Å². The quantitative estimate of drug-likeness (QED) is 0.871. The zero-order chi connectivity index (χ0) is 16.1. The van der Waals surface area contributed by atoms with E-state index in [1.165, 1.54) is 25.3 Å². The van der Waals surface area contributed by atoms with Crippen LogP contribution in [0.1, 0.15) is 5.56 Å². The molecule has 0 saturated carbocycles. The van der Waals surface area contributed by atoms with Crippen LogP contribution in [0.25, 0.3) is 11.1 Å². The van der Waals surface area contributed by atoms with E-state index in [1.807, 2.05) is 0 Å². The van der Waals surface area contributed by atoms with Gasteiger partial charge in [0.2, 0.25) is 0 Å². The van der Waals surface area contributed by atoms with E-state index in [-0.39, 0.29) is 21.7 Å². The van der Waals surface area contributed by atoms with E-state index < -0.39 is 21.8 Å². The van der Waals surface area contributed by atoms with E-state index in [0.29, 0.717) is 5.75 Å². The van der Waals surface area contributed by atoms with Crippen molar-refractivity contribution in [3.05, 3.63) is 42.0 Å². The highest BCUT2D eigenvalue weighted by molar-refractivity contribution is 7.93. The number of ether oxygens (including phenoxy) is 1. The topological polar surface area (TPSA) is 55.4 Å². The first-order chi connectivity index (χ1) is 10.2. The lowest BCUT2D eigenvalue weighted by Gasteiger charge is -2.23. The van der Waals surface area contributed by atoms with Gasteiger partial charge in [0.25, 0.3) is 10.0 Å². The second-order valence-corrected chi connectivity index (χ2v) is 6.38. The summed E-state index contributed by atoms with van der Waals surface area (Å²) in [5, 5.41) is 0. The normalized spacial score (nSPS) is 15.5. The summed E-state index contributed by atoms with van der Waals surface area (Å²) in [6.07, 6.45) is -4.50. The minimum Gasteiger partial charge on any atom is -0.497 e. The Kier molecular flexibility index (Phi) is 3.10. The summed E-state index contributed by atoms with van der Waals surface area (Å²) >= 11 is 0. The van der Waals surface area contributed by atoms with Gasteiger partial charge in [-0.05, 0) is 30.3 Å². The van der Waals surface area contributed by atoms with Crippen molar-refractivity contribution < 1.29 is 26.3 Å². The van der Waals surface area contributed by atoms with Gasteiger partial charge in [0.1, 0.15) is 5.75 Å². The molecule has 0 bridgehead atoms. The predicted molar refractivity (Wildman–Crippen MR) is 74.2 cm³/mol. The number of sulfonamides is 1. The van der Waals surface area contributed by atoms with Crippen LogP contribution in [0.4, 0.5) is 18.9 Å². The summed E-state index contributed by atoms with van der Waals surface area (Å²) in [7, 11) is -2.47. The highest BCUT2D eigenvalue weighted by Crippen LogP contribution is 2.43. The summed E-state index contributed by atoms with van der Waals surface area (Å²) in [6.45, 7) is 0. The average Bonchev–Trinajstić information content (AvgIpc) is 2.45. The van der Waals surface area contributed by atoms with Gasteiger partial charge in [-0.3, -0.25) is 4.72 Å². The fraction of sp³-hybridized carbons (Fsp3) is 0.143. The van der Waals surface area contributed by atoms with Gasteiger partial charge in [-0.1, -0.05) is 0 Å². The van der Waals surface area contributed by atoms with Gasteiger partial charge in [0.15, 0.2) is 0 Å². The fourth-order valence-electron chi connectivity index (χ4n) is 2.31. The maximum atomic E-state index is 12.8. The van der Waals surface area contributed by atoms with Crippen LogP contribution in [0.5, 0.6) is 5.75 Å². The molecule has 0 aliphatic carbocycles. The van der Waals surface area contributed by atoms with Crippen molar-refractivity contribution in [3.63, 3.8) is 0 Å². The third-order valence-corrected chi connectivity index (χ3v) is 4.77. The van der Waals surface area contributed by atoms with E-state index >= 15 is 0 Å². The zero-order valence-electron chi connectivity index (χ0n) is 11.2. The second-order valence-electron chi connectivity index (χ2n) is 4.73. The molecule has 0 amide bonds. The van der Waals surface area contributed by atoms with Gasteiger partial charge in [0, 0.05) is 17.2 Å². The van der Waals surface area contributed by atoms with E-state index in [9.17, 15) is 21.6 Å². The molecule has 1 aliphatic rings. The summed E-state index contributed by atoms with van der Waals surface area (Å²) < 4.78 is 70.2. The minimum atomic E-state index is -4.50. The third-order valence-electron chi connectivity index (χ3n) is 3.36. The molecule has 1 aliphatic heterocycles. The Hall–Kier alpha value is -2.22. The molecule has 1 N–H and O–H groups in total. The Morgan fingerprint density at radius 2 is 1.77 bits per heavy atom. The van der Waals surface area contributed by atoms with Crippen molar-refractivity contribution in [2.75, 3.05) is 11.8 Å². The Labute approximate surface area is 124 Å². The minimum absolute atomic E-state index is 0.112.